The fourth-order valence-corrected chi connectivity index (χ4v) is 7.71. The van der Waals surface area contributed by atoms with E-state index in [0.717, 1.165) is 50.6 Å². The SMILES string of the molecule is C1=C(c2ccc(N(c3cccc(-c4ccccc4)c3)c3ccc4c5ccccc5n(-c5ccccc5)c4c3)cc2)c2c(oc3ccccc23)CN1. The molecule has 1 aliphatic rings. The van der Waals surface area contributed by atoms with Gasteiger partial charge >= 0.3 is 0 Å². The summed E-state index contributed by atoms with van der Waals surface area (Å²) in [5.74, 6) is 0.972. The number of benzene rings is 7. The van der Waals surface area contributed by atoms with Crippen LogP contribution in [0.2, 0.25) is 0 Å². The fraction of sp³-hybridized carbons (Fsp3) is 0.0213. The van der Waals surface area contributed by atoms with Gasteiger partial charge in [-0.2, -0.15) is 0 Å². The molecule has 1 N–H and O–H groups in total. The number of hydrogen-bond acceptors (Lipinski definition) is 3. The van der Waals surface area contributed by atoms with E-state index < -0.39 is 0 Å². The van der Waals surface area contributed by atoms with Crippen molar-refractivity contribution in [3.63, 3.8) is 0 Å². The van der Waals surface area contributed by atoms with E-state index in [1.54, 1.807) is 0 Å². The van der Waals surface area contributed by atoms with Gasteiger partial charge in [0.2, 0.25) is 0 Å². The topological polar surface area (TPSA) is 33.3 Å². The zero-order valence-corrected chi connectivity index (χ0v) is 27.8. The van der Waals surface area contributed by atoms with Gasteiger partial charge < -0.3 is 19.2 Å². The van der Waals surface area contributed by atoms with Crippen LogP contribution >= 0.6 is 0 Å². The lowest BCUT2D eigenvalue weighted by Crippen LogP contribution is -2.13. The molecular weight excluding hydrogens is 623 g/mol. The Hall–Kier alpha value is -6.78. The van der Waals surface area contributed by atoms with E-state index in [-0.39, 0.29) is 0 Å². The van der Waals surface area contributed by atoms with Crippen molar-refractivity contribution in [1.82, 2.24) is 9.88 Å². The second-order valence-corrected chi connectivity index (χ2v) is 13.0. The molecule has 9 aromatic rings. The molecule has 0 bridgehead atoms. The number of hydrogen-bond donors (Lipinski definition) is 1. The number of anilines is 3. The molecule has 242 valence electrons. The Labute approximate surface area is 296 Å². The highest BCUT2D eigenvalue weighted by atomic mass is 16.3. The van der Waals surface area contributed by atoms with Crippen molar-refractivity contribution in [3.8, 4) is 16.8 Å². The first-order valence-electron chi connectivity index (χ1n) is 17.4. The lowest BCUT2D eigenvalue weighted by Gasteiger charge is -2.27. The summed E-state index contributed by atoms with van der Waals surface area (Å²) in [6.45, 7) is 0.680. The summed E-state index contributed by atoms with van der Waals surface area (Å²) in [4.78, 5) is 2.37. The second kappa shape index (κ2) is 12.0. The molecule has 0 amide bonds. The molecule has 7 aromatic carbocycles. The van der Waals surface area contributed by atoms with Gasteiger partial charge in [-0.15, -0.1) is 0 Å². The molecule has 0 aliphatic carbocycles. The van der Waals surface area contributed by atoms with Gasteiger partial charge in [0, 0.05) is 56.2 Å². The fourth-order valence-electron chi connectivity index (χ4n) is 7.71. The molecule has 2 aromatic heterocycles. The second-order valence-electron chi connectivity index (χ2n) is 13.0. The number of para-hydroxylation sites is 3. The Morgan fingerprint density at radius 2 is 1.16 bits per heavy atom. The van der Waals surface area contributed by atoms with Crippen LogP contribution in [0.4, 0.5) is 17.1 Å². The normalized spacial score (nSPS) is 12.5. The van der Waals surface area contributed by atoms with Crippen molar-refractivity contribution < 1.29 is 4.42 Å². The molecule has 10 rings (SSSR count). The van der Waals surface area contributed by atoms with E-state index in [9.17, 15) is 0 Å². The molecular formula is C47H33N3O. The molecule has 0 spiro atoms. The van der Waals surface area contributed by atoms with Gasteiger partial charge in [0.05, 0.1) is 17.6 Å². The summed E-state index contributed by atoms with van der Waals surface area (Å²) in [7, 11) is 0. The Kier molecular flexibility index (Phi) is 6.85. The van der Waals surface area contributed by atoms with Crippen LogP contribution in [0, 0.1) is 0 Å². The van der Waals surface area contributed by atoms with Crippen LogP contribution in [0.1, 0.15) is 16.9 Å². The maximum absolute atomic E-state index is 6.25. The maximum atomic E-state index is 6.25. The molecule has 0 unspecified atom stereocenters. The smallest absolute Gasteiger partial charge is 0.135 e. The third-order valence-electron chi connectivity index (χ3n) is 10.0. The zero-order chi connectivity index (χ0) is 33.7. The van der Waals surface area contributed by atoms with E-state index in [1.165, 1.54) is 38.5 Å². The zero-order valence-electron chi connectivity index (χ0n) is 27.8. The minimum absolute atomic E-state index is 0.680. The van der Waals surface area contributed by atoms with Gasteiger partial charge in [0.25, 0.3) is 0 Å². The number of fused-ring (bicyclic) bond motifs is 6. The molecule has 1 aliphatic heterocycles. The van der Waals surface area contributed by atoms with Crippen molar-refractivity contribution in [3.05, 3.63) is 199 Å². The van der Waals surface area contributed by atoms with Crippen LogP contribution in [0.5, 0.6) is 0 Å². The van der Waals surface area contributed by atoms with Crippen molar-refractivity contribution in [2.24, 2.45) is 0 Å². The van der Waals surface area contributed by atoms with Crippen molar-refractivity contribution in [2.75, 3.05) is 4.90 Å². The van der Waals surface area contributed by atoms with E-state index in [1.807, 2.05) is 12.1 Å². The van der Waals surface area contributed by atoms with Crippen LogP contribution in [-0.4, -0.2) is 4.57 Å². The first-order chi connectivity index (χ1) is 25.3. The number of nitrogens with one attached hydrogen (secondary N) is 1. The average molecular weight is 656 g/mol. The van der Waals surface area contributed by atoms with Gasteiger partial charge in [-0.05, 0) is 77.4 Å². The van der Waals surface area contributed by atoms with Crippen LogP contribution in [-0.2, 0) is 6.54 Å². The van der Waals surface area contributed by atoms with Crippen molar-refractivity contribution >= 4 is 55.4 Å². The van der Waals surface area contributed by atoms with Crippen LogP contribution in [0.25, 0.3) is 55.2 Å². The van der Waals surface area contributed by atoms with Crippen molar-refractivity contribution in [1.29, 1.82) is 0 Å². The molecule has 0 fully saturated rings. The van der Waals surface area contributed by atoms with E-state index >= 15 is 0 Å². The summed E-state index contributed by atoms with van der Waals surface area (Å²) in [5, 5.41) is 7.05. The Bertz CT molecular complexity index is 2740. The number of aromatic nitrogens is 1. The van der Waals surface area contributed by atoms with Crippen LogP contribution < -0.4 is 10.2 Å². The minimum atomic E-state index is 0.680. The lowest BCUT2D eigenvalue weighted by molar-refractivity contribution is 0.531. The highest BCUT2D eigenvalue weighted by Crippen LogP contribution is 2.42. The maximum Gasteiger partial charge on any atom is 0.135 e. The van der Waals surface area contributed by atoms with E-state index in [0.29, 0.717) is 6.54 Å². The van der Waals surface area contributed by atoms with E-state index in [2.05, 4.69) is 185 Å². The summed E-state index contributed by atoms with van der Waals surface area (Å²) >= 11 is 0. The number of rotatable bonds is 6. The molecule has 0 saturated carbocycles. The molecule has 0 radical (unpaired) electrons. The predicted octanol–water partition coefficient (Wildman–Crippen LogP) is 12.2. The number of furan rings is 1. The van der Waals surface area contributed by atoms with Crippen LogP contribution in [0.3, 0.4) is 0 Å². The Morgan fingerprint density at radius 3 is 2.00 bits per heavy atom. The predicted molar refractivity (Wildman–Crippen MR) is 211 cm³/mol. The standard InChI is InChI=1S/C47H33N3O/c1-3-12-32(13-4-1)34-14-11-17-37(28-34)49(36-24-22-33(23-25-36)42-30-48-31-46-47(42)41-19-8-10-21-45(41)51-46)38-26-27-40-39-18-7-9-20-43(39)50(44(40)29-38)35-15-5-2-6-16-35/h1-30,48H,31H2. The molecule has 3 heterocycles. The summed E-state index contributed by atoms with van der Waals surface area (Å²) in [6, 6.07) is 62.9. The highest BCUT2D eigenvalue weighted by molar-refractivity contribution is 6.10. The quantitative estimate of drug-likeness (QED) is 0.194. The third kappa shape index (κ3) is 4.92. The molecule has 51 heavy (non-hydrogen) atoms. The average Bonchev–Trinajstić information content (AvgIpc) is 3.75. The number of nitrogens with zero attached hydrogens (tertiary/aromatic N) is 2. The summed E-state index contributed by atoms with van der Waals surface area (Å²) < 4.78 is 8.63. The van der Waals surface area contributed by atoms with Gasteiger partial charge in [0.1, 0.15) is 11.3 Å². The highest BCUT2D eigenvalue weighted by Gasteiger charge is 2.23. The Balaban J connectivity index is 1.14. The molecule has 4 heteroatoms. The van der Waals surface area contributed by atoms with Crippen molar-refractivity contribution in [2.45, 2.75) is 6.54 Å². The summed E-state index contributed by atoms with van der Waals surface area (Å²) in [6.07, 6.45) is 2.12. The minimum Gasteiger partial charge on any atom is -0.459 e. The first kappa shape index (κ1) is 29.2. The van der Waals surface area contributed by atoms with Crippen LogP contribution in [0.15, 0.2) is 187 Å². The molecule has 0 atom stereocenters. The van der Waals surface area contributed by atoms with E-state index in [4.69, 9.17) is 4.42 Å². The monoisotopic (exact) mass is 655 g/mol. The lowest BCUT2D eigenvalue weighted by atomic mass is 9.94. The molecule has 4 nitrogen and oxygen atoms in total. The van der Waals surface area contributed by atoms with Gasteiger partial charge in [-0.3, -0.25) is 0 Å². The van der Waals surface area contributed by atoms with Gasteiger partial charge in [0.15, 0.2) is 0 Å². The largest absolute Gasteiger partial charge is 0.459 e. The first-order valence-corrected chi connectivity index (χ1v) is 17.4. The van der Waals surface area contributed by atoms with Gasteiger partial charge in [-0.25, -0.2) is 0 Å². The summed E-state index contributed by atoms with van der Waals surface area (Å²) in [5.41, 5.74) is 13.5. The van der Waals surface area contributed by atoms with Gasteiger partial charge in [-0.1, -0.05) is 115 Å². The molecule has 0 saturated heterocycles. The Morgan fingerprint density at radius 1 is 0.490 bits per heavy atom. The third-order valence-corrected chi connectivity index (χ3v) is 10.0.